The van der Waals surface area contributed by atoms with Gasteiger partial charge in [0.25, 0.3) is 0 Å². The van der Waals surface area contributed by atoms with Crippen LogP contribution in [-0.2, 0) is 9.84 Å². The SMILES string of the molecule is CCCCOC(=O)NC(C)[O]. The highest BCUT2D eigenvalue weighted by molar-refractivity contribution is 5.67. The average Bonchev–Trinajstić information content (AvgIpc) is 1.86. The number of hydrogen-bond donors (Lipinski definition) is 1. The van der Waals surface area contributed by atoms with Gasteiger partial charge in [-0.05, 0) is 13.3 Å². The van der Waals surface area contributed by atoms with E-state index < -0.39 is 12.3 Å². The van der Waals surface area contributed by atoms with Gasteiger partial charge in [-0.25, -0.2) is 9.90 Å². The van der Waals surface area contributed by atoms with Gasteiger partial charge in [0.15, 0.2) is 6.23 Å². The van der Waals surface area contributed by atoms with E-state index in [2.05, 4.69) is 10.1 Å². The van der Waals surface area contributed by atoms with Gasteiger partial charge < -0.3 is 4.74 Å². The average molecular weight is 160 g/mol. The molecule has 1 N–H and O–H groups in total. The van der Waals surface area contributed by atoms with Crippen LogP contribution >= 0.6 is 0 Å². The highest BCUT2D eigenvalue weighted by Gasteiger charge is 2.04. The Labute approximate surface area is 66.5 Å². The minimum Gasteiger partial charge on any atom is -0.450 e. The standard InChI is InChI=1S/C7H14NO3/c1-3-4-5-11-7(10)8-6(2)9/h6H,3-5H2,1-2H3,(H,8,10). The Kier molecular flexibility index (Phi) is 5.56. The third-order valence-electron chi connectivity index (χ3n) is 1.05. The van der Waals surface area contributed by atoms with E-state index in [1.807, 2.05) is 6.92 Å². The molecule has 0 aliphatic carbocycles. The van der Waals surface area contributed by atoms with Gasteiger partial charge in [-0.2, -0.15) is 0 Å². The van der Waals surface area contributed by atoms with Gasteiger partial charge in [0.2, 0.25) is 0 Å². The van der Waals surface area contributed by atoms with Gasteiger partial charge in [0.05, 0.1) is 6.61 Å². The van der Waals surface area contributed by atoms with Crippen LogP contribution in [0.3, 0.4) is 0 Å². The van der Waals surface area contributed by atoms with E-state index in [0.29, 0.717) is 6.61 Å². The molecule has 0 rings (SSSR count). The molecule has 11 heavy (non-hydrogen) atoms. The second-order valence-electron chi connectivity index (χ2n) is 2.28. The summed E-state index contributed by atoms with van der Waals surface area (Å²) in [5.74, 6) is 0. The Morgan fingerprint density at radius 2 is 2.27 bits per heavy atom. The number of unbranched alkanes of at least 4 members (excludes halogenated alkanes) is 1. The first kappa shape index (κ1) is 10.2. The number of nitrogens with one attached hydrogen (secondary N) is 1. The summed E-state index contributed by atoms with van der Waals surface area (Å²) in [5.41, 5.74) is 0. The molecular formula is C7H14NO3. The van der Waals surface area contributed by atoms with Crippen molar-refractivity contribution >= 4 is 6.09 Å². The molecule has 0 spiro atoms. The molecule has 1 atom stereocenters. The van der Waals surface area contributed by atoms with Crippen molar-refractivity contribution < 1.29 is 14.6 Å². The van der Waals surface area contributed by atoms with Crippen LogP contribution in [-0.4, -0.2) is 18.9 Å². The molecule has 1 radical (unpaired) electrons. The molecule has 4 nitrogen and oxygen atoms in total. The molecule has 0 heterocycles. The fraction of sp³-hybridized carbons (Fsp3) is 0.857. The maximum Gasteiger partial charge on any atom is 0.409 e. The smallest absolute Gasteiger partial charge is 0.409 e. The fourth-order valence-corrected chi connectivity index (χ4v) is 0.517. The minimum atomic E-state index is -1.09. The van der Waals surface area contributed by atoms with Gasteiger partial charge >= 0.3 is 6.09 Å². The Morgan fingerprint density at radius 3 is 2.73 bits per heavy atom. The molecule has 1 amide bonds. The van der Waals surface area contributed by atoms with Crippen LogP contribution in [0.4, 0.5) is 4.79 Å². The van der Waals surface area contributed by atoms with Crippen LogP contribution in [0.2, 0.25) is 0 Å². The molecule has 0 aliphatic heterocycles. The lowest BCUT2D eigenvalue weighted by Gasteiger charge is -2.06. The lowest BCUT2D eigenvalue weighted by atomic mass is 10.4. The van der Waals surface area contributed by atoms with E-state index in [-0.39, 0.29) is 0 Å². The number of rotatable bonds is 4. The molecule has 65 valence electrons. The number of hydrogen-bond acceptors (Lipinski definition) is 2. The van der Waals surface area contributed by atoms with Crippen LogP contribution in [0.5, 0.6) is 0 Å². The Bertz CT molecular complexity index is 114. The number of alkyl carbamates (subject to hydrolysis) is 1. The van der Waals surface area contributed by atoms with E-state index in [9.17, 15) is 9.90 Å². The van der Waals surface area contributed by atoms with Crippen molar-refractivity contribution in [2.45, 2.75) is 32.9 Å². The van der Waals surface area contributed by atoms with Crippen LogP contribution in [0.1, 0.15) is 26.7 Å². The second kappa shape index (κ2) is 5.97. The van der Waals surface area contributed by atoms with Crippen LogP contribution in [0.25, 0.3) is 0 Å². The molecule has 4 heteroatoms. The van der Waals surface area contributed by atoms with E-state index >= 15 is 0 Å². The van der Waals surface area contributed by atoms with Gasteiger partial charge in [-0.1, -0.05) is 13.3 Å². The highest BCUT2D eigenvalue weighted by atomic mass is 16.5. The zero-order chi connectivity index (χ0) is 8.69. The topological polar surface area (TPSA) is 58.2 Å². The van der Waals surface area contributed by atoms with Crippen molar-refractivity contribution in [2.24, 2.45) is 0 Å². The van der Waals surface area contributed by atoms with Crippen LogP contribution < -0.4 is 5.32 Å². The molecule has 0 aromatic carbocycles. The maximum absolute atomic E-state index is 10.6. The van der Waals surface area contributed by atoms with E-state index in [0.717, 1.165) is 12.8 Å². The van der Waals surface area contributed by atoms with Crippen molar-refractivity contribution in [3.8, 4) is 0 Å². The zero-order valence-corrected chi connectivity index (χ0v) is 6.92. The molecule has 0 bridgehead atoms. The minimum absolute atomic E-state index is 0.384. The van der Waals surface area contributed by atoms with Crippen molar-refractivity contribution in [1.82, 2.24) is 5.32 Å². The molecule has 0 aromatic heterocycles. The Hall–Kier alpha value is -0.770. The van der Waals surface area contributed by atoms with E-state index in [4.69, 9.17) is 0 Å². The summed E-state index contributed by atoms with van der Waals surface area (Å²) < 4.78 is 4.64. The maximum atomic E-state index is 10.6. The summed E-state index contributed by atoms with van der Waals surface area (Å²) in [6, 6.07) is 0. The summed E-state index contributed by atoms with van der Waals surface area (Å²) in [5, 5.41) is 12.4. The molecular weight excluding hydrogens is 146 g/mol. The largest absolute Gasteiger partial charge is 0.450 e. The normalized spacial score (nSPS) is 12.3. The first-order valence-corrected chi connectivity index (χ1v) is 3.76. The second-order valence-corrected chi connectivity index (χ2v) is 2.28. The molecule has 0 fully saturated rings. The van der Waals surface area contributed by atoms with Gasteiger partial charge in [-0.15, -0.1) is 0 Å². The van der Waals surface area contributed by atoms with Gasteiger partial charge in [0.1, 0.15) is 0 Å². The zero-order valence-electron chi connectivity index (χ0n) is 6.92. The van der Waals surface area contributed by atoms with Crippen molar-refractivity contribution in [1.29, 1.82) is 0 Å². The molecule has 0 aliphatic rings. The number of carbonyl (C=O) groups is 1. The number of ether oxygens (including phenoxy) is 1. The van der Waals surface area contributed by atoms with Crippen molar-refractivity contribution in [3.05, 3.63) is 0 Å². The Morgan fingerprint density at radius 1 is 1.64 bits per heavy atom. The number of amides is 1. The van der Waals surface area contributed by atoms with Crippen molar-refractivity contribution in [3.63, 3.8) is 0 Å². The quantitative estimate of drug-likeness (QED) is 0.497. The monoisotopic (exact) mass is 160 g/mol. The molecule has 0 saturated carbocycles. The van der Waals surface area contributed by atoms with Crippen LogP contribution in [0.15, 0.2) is 0 Å². The Balaban J connectivity index is 3.23. The van der Waals surface area contributed by atoms with Crippen LogP contribution in [0, 0.1) is 0 Å². The summed E-state index contributed by atoms with van der Waals surface area (Å²) >= 11 is 0. The number of carbonyl (C=O) groups excluding carboxylic acids is 1. The summed E-state index contributed by atoms with van der Waals surface area (Å²) in [7, 11) is 0. The lowest BCUT2D eigenvalue weighted by molar-refractivity contribution is 0.0622. The summed E-state index contributed by atoms with van der Waals surface area (Å²) in [6.07, 6.45) is 0.0889. The summed E-state index contributed by atoms with van der Waals surface area (Å²) in [6.45, 7) is 3.73. The first-order valence-electron chi connectivity index (χ1n) is 3.76. The molecule has 0 saturated heterocycles. The van der Waals surface area contributed by atoms with E-state index in [1.165, 1.54) is 6.92 Å². The fourth-order valence-electron chi connectivity index (χ4n) is 0.517. The van der Waals surface area contributed by atoms with Crippen molar-refractivity contribution in [2.75, 3.05) is 6.61 Å². The lowest BCUT2D eigenvalue weighted by Crippen LogP contribution is -2.31. The van der Waals surface area contributed by atoms with E-state index in [1.54, 1.807) is 0 Å². The first-order chi connectivity index (χ1) is 5.16. The van der Waals surface area contributed by atoms with Gasteiger partial charge in [0, 0.05) is 0 Å². The predicted molar refractivity (Wildman–Crippen MR) is 39.5 cm³/mol. The summed E-state index contributed by atoms with van der Waals surface area (Å²) in [4.78, 5) is 10.6. The molecule has 0 aromatic rings. The third kappa shape index (κ3) is 7.12. The third-order valence-corrected chi connectivity index (χ3v) is 1.05. The predicted octanol–water partition coefficient (Wildman–Crippen LogP) is 1.29. The van der Waals surface area contributed by atoms with Gasteiger partial charge in [-0.3, -0.25) is 5.32 Å². The highest BCUT2D eigenvalue weighted by Crippen LogP contribution is 1.88. The molecule has 1 unspecified atom stereocenters.